The van der Waals surface area contributed by atoms with Gasteiger partial charge in [0.1, 0.15) is 0 Å². The zero-order valence-corrected chi connectivity index (χ0v) is 17.4. The van der Waals surface area contributed by atoms with Gasteiger partial charge in [0.15, 0.2) is 0 Å². The Morgan fingerprint density at radius 2 is 1.72 bits per heavy atom. The van der Waals surface area contributed by atoms with E-state index in [-0.39, 0.29) is 10.8 Å². The van der Waals surface area contributed by atoms with Gasteiger partial charge in [0.25, 0.3) is 5.91 Å². The van der Waals surface area contributed by atoms with E-state index in [1.54, 1.807) is 12.1 Å². The highest BCUT2D eigenvalue weighted by atomic mass is 32.2. The first-order chi connectivity index (χ1) is 14.0. The Hall–Kier alpha value is -2.42. The fourth-order valence-corrected chi connectivity index (χ4v) is 4.55. The molecule has 0 atom stereocenters. The van der Waals surface area contributed by atoms with Crippen LogP contribution in [0.4, 0.5) is 5.69 Å². The molecular weight excluding hydrogens is 390 g/mol. The van der Waals surface area contributed by atoms with Crippen LogP contribution in [0, 0.1) is 0 Å². The number of para-hydroxylation sites is 1. The molecule has 0 spiro atoms. The second kappa shape index (κ2) is 9.87. The van der Waals surface area contributed by atoms with Crippen molar-refractivity contribution in [1.29, 1.82) is 0 Å². The maximum absolute atomic E-state index is 12.6. The number of rotatable bonds is 8. The lowest BCUT2D eigenvalue weighted by molar-refractivity contribution is 0.0730. The third-order valence-electron chi connectivity index (χ3n) is 4.88. The summed E-state index contributed by atoms with van der Waals surface area (Å²) in [6.07, 6.45) is 0.806. The number of morpholine rings is 1. The molecule has 1 aliphatic rings. The number of nitrogens with one attached hydrogen (secondary N) is 1. The van der Waals surface area contributed by atoms with Gasteiger partial charge in [-0.05, 0) is 42.8 Å². The minimum Gasteiger partial charge on any atom is -0.379 e. The summed E-state index contributed by atoms with van der Waals surface area (Å²) in [5.41, 5.74) is 1.58. The maximum atomic E-state index is 12.6. The minimum absolute atomic E-state index is 0.195. The number of sulfonamides is 1. The molecule has 0 saturated carbocycles. The van der Waals surface area contributed by atoms with E-state index in [1.807, 2.05) is 37.4 Å². The number of carbonyl (C=O) groups is 1. The van der Waals surface area contributed by atoms with Crippen molar-refractivity contribution < 1.29 is 17.9 Å². The molecule has 0 bridgehead atoms. The molecule has 156 valence electrons. The Kier molecular flexibility index (Phi) is 7.24. The SMILES string of the molecule is CN(CCCNC(=O)c1ccc(S(=O)(=O)N2CCOCC2)cc1)c1ccccc1. The Balaban J connectivity index is 1.49. The first-order valence-corrected chi connectivity index (χ1v) is 11.1. The number of anilines is 1. The Morgan fingerprint density at radius 1 is 1.07 bits per heavy atom. The van der Waals surface area contributed by atoms with Crippen LogP contribution in [-0.4, -0.2) is 65.1 Å². The number of hydrogen-bond donors (Lipinski definition) is 1. The van der Waals surface area contributed by atoms with Crippen molar-refractivity contribution in [2.75, 3.05) is 51.3 Å². The molecule has 1 aliphatic heterocycles. The van der Waals surface area contributed by atoms with E-state index in [1.165, 1.54) is 16.4 Å². The molecule has 8 heteroatoms. The molecule has 2 aromatic rings. The van der Waals surface area contributed by atoms with Gasteiger partial charge < -0.3 is 15.0 Å². The highest BCUT2D eigenvalue weighted by Crippen LogP contribution is 2.17. The number of amides is 1. The van der Waals surface area contributed by atoms with Crippen molar-refractivity contribution in [1.82, 2.24) is 9.62 Å². The molecule has 7 nitrogen and oxygen atoms in total. The van der Waals surface area contributed by atoms with E-state index in [0.717, 1.165) is 18.7 Å². The summed E-state index contributed by atoms with van der Waals surface area (Å²) in [5, 5.41) is 2.89. The highest BCUT2D eigenvalue weighted by molar-refractivity contribution is 7.89. The van der Waals surface area contributed by atoms with E-state index >= 15 is 0 Å². The van der Waals surface area contributed by atoms with Gasteiger partial charge >= 0.3 is 0 Å². The smallest absolute Gasteiger partial charge is 0.251 e. The van der Waals surface area contributed by atoms with Gasteiger partial charge in [-0.15, -0.1) is 0 Å². The third-order valence-corrected chi connectivity index (χ3v) is 6.79. The summed E-state index contributed by atoms with van der Waals surface area (Å²) < 4.78 is 31.9. The maximum Gasteiger partial charge on any atom is 0.251 e. The lowest BCUT2D eigenvalue weighted by Gasteiger charge is -2.26. The van der Waals surface area contributed by atoms with Crippen LogP contribution in [0.5, 0.6) is 0 Å². The predicted molar refractivity (Wildman–Crippen MR) is 113 cm³/mol. The van der Waals surface area contributed by atoms with Gasteiger partial charge in [-0.2, -0.15) is 4.31 Å². The lowest BCUT2D eigenvalue weighted by atomic mass is 10.2. The number of hydrogen-bond acceptors (Lipinski definition) is 5. The highest BCUT2D eigenvalue weighted by Gasteiger charge is 2.26. The normalized spacial score (nSPS) is 15.1. The third kappa shape index (κ3) is 5.56. The Bertz CT molecular complexity index is 895. The van der Waals surface area contributed by atoms with Crippen molar-refractivity contribution in [2.24, 2.45) is 0 Å². The predicted octanol–water partition coefficient (Wildman–Crippen LogP) is 1.96. The largest absolute Gasteiger partial charge is 0.379 e. The first kappa shape index (κ1) is 21.3. The summed E-state index contributed by atoms with van der Waals surface area (Å²) in [6.45, 7) is 2.87. The van der Waals surface area contributed by atoms with E-state index < -0.39 is 10.0 Å². The average molecular weight is 418 g/mol. The first-order valence-electron chi connectivity index (χ1n) is 9.71. The molecule has 1 fully saturated rings. The average Bonchev–Trinajstić information content (AvgIpc) is 2.77. The molecule has 1 amide bonds. The number of carbonyl (C=O) groups excluding carboxylic acids is 1. The molecule has 0 unspecified atom stereocenters. The van der Waals surface area contributed by atoms with Gasteiger partial charge in [-0.1, -0.05) is 18.2 Å². The van der Waals surface area contributed by atoms with Gasteiger partial charge in [-0.3, -0.25) is 4.79 Å². The molecule has 1 saturated heterocycles. The number of benzene rings is 2. The molecule has 3 rings (SSSR count). The molecule has 1 heterocycles. The number of nitrogens with zero attached hydrogens (tertiary/aromatic N) is 2. The molecular formula is C21H27N3O4S. The van der Waals surface area contributed by atoms with Crippen molar-refractivity contribution >= 4 is 21.6 Å². The summed E-state index contributed by atoms with van der Waals surface area (Å²) in [5.74, 6) is -0.206. The van der Waals surface area contributed by atoms with Crippen LogP contribution in [0.15, 0.2) is 59.5 Å². The van der Waals surface area contributed by atoms with E-state index in [0.29, 0.717) is 38.4 Å². The summed E-state index contributed by atoms with van der Waals surface area (Å²) >= 11 is 0. The summed E-state index contributed by atoms with van der Waals surface area (Å²) in [6, 6.07) is 16.2. The quantitative estimate of drug-likeness (QED) is 0.665. The lowest BCUT2D eigenvalue weighted by Crippen LogP contribution is -2.40. The van der Waals surface area contributed by atoms with Gasteiger partial charge in [0.2, 0.25) is 10.0 Å². The number of ether oxygens (including phenoxy) is 1. The summed E-state index contributed by atoms with van der Waals surface area (Å²) in [4.78, 5) is 14.7. The van der Waals surface area contributed by atoms with Crippen molar-refractivity contribution in [3.05, 3.63) is 60.2 Å². The van der Waals surface area contributed by atoms with Gasteiger partial charge in [-0.25, -0.2) is 8.42 Å². The van der Waals surface area contributed by atoms with Crippen LogP contribution in [0.25, 0.3) is 0 Å². The van der Waals surface area contributed by atoms with E-state index in [4.69, 9.17) is 4.74 Å². The van der Waals surface area contributed by atoms with Gasteiger partial charge in [0, 0.05) is 44.5 Å². The van der Waals surface area contributed by atoms with Crippen LogP contribution in [0.2, 0.25) is 0 Å². The van der Waals surface area contributed by atoms with Gasteiger partial charge in [0.05, 0.1) is 18.1 Å². The second-order valence-electron chi connectivity index (χ2n) is 6.91. The van der Waals surface area contributed by atoms with Crippen LogP contribution in [-0.2, 0) is 14.8 Å². The van der Waals surface area contributed by atoms with Crippen molar-refractivity contribution in [2.45, 2.75) is 11.3 Å². The molecule has 2 aromatic carbocycles. The zero-order chi connectivity index (χ0) is 20.7. The molecule has 0 aliphatic carbocycles. The second-order valence-corrected chi connectivity index (χ2v) is 8.85. The minimum atomic E-state index is -3.55. The molecule has 29 heavy (non-hydrogen) atoms. The van der Waals surface area contributed by atoms with E-state index in [9.17, 15) is 13.2 Å². The zero-order valence-electron chi connectivity index (χ0n) is 16.6. The standard InChI is InChI=1S/C21H27N3O4S/c1-23(19-6-3-2-4-7-19)13-5-12-22-21(25)18-8-10-20(11-9-18)29(26,27)24-14-16-28-17-15-24/h2-4,6-11H,5,12-17H2,1H3,(H,22,25). The van der Waals surface area contributed by atoms with Crippen molar-refractivity contribution in [3.63, 3.8) is 0 Å². The fraction of sp³-hybridized carbons (Fsp3) is 0.381. The molecule has 0 aromatic heterocycles. The topological polar surface area (TPSA) is 79.0 Å². The van der Waals surface area contributed by atoms with Crippen LogP contribution in [0.1, 0.15) is 16.8 Å². The monoisotopic (exact) mass is 417 g/mol. The molecule has 1 N–H and O–H groups in total. The fourth-order valence-electron chi connectivity index (χ4n) is 3.15. The van der Waals surface area contributed by atoms with Crippen LogP contribution < -0.4 is 10.2 Å². The Labute approximate surface area is 172 Å². The van der Waals surface area contributed by atoms with Crippen LogP contribution >= 0.6 is 0 Å². The summed E-state index contributed by atoms with van der Waals surface area (Å²) in [7, 11) is -1.53. The van der Waals surface area contributed by atoms with Crippen molar-refractivity contribution in [3.8, 4) is 0 Å². The molecule has 0 radical (unpaired) electrons. The van der Waals surface area contributed by atoms with E-state index in [2.05, 4.69) is 10.2 Å². The van der Waals surface area contributed by atoms with Crippen LogP contribution in [0.3, 0.4) is 0 Å². The Morgan fingerprint density at radius 3 is 2.38 bits per heavy atom.